The lowest BCUT2D eigenvalue weighted by Crippen LogP contribution is -2.26. The average molecular weight is 271 g/mol. The Hall–Kier alpha value is -1.03. The second-order valence-electron chi connectivity index (χ2n) is 5.46. The summed E-state index contributed by atoms with van der Waals surface area (Å²) in [5.41, 5.74) is 0.375. The largest absolute Gasteiger partial charge is 0.416 e. The van der Waals surface area contributed by atoms with Gasteiger partial charge < -0.3 is 5.32 Å². The van der Waals surface area contributed by atoms with E-state index < -0.39 is 11.7 Å². The average Bonchev–Trinajstić information content (AvgIpc) is 2.76. The molecule has 0 amide bonds. The molecule has 106 valence electrons. The Morgan fingerprint density at radius 2 is 1.79 bits per heavy atom. The fourth-order valence-corrected chi connectivity index (χ4v) is 3.18. The van der Waals surface area contributed by atoms with Crippen LogP contribution in [0.15, 0.2) is 24.3 Å². The van der Waals surface area contributed by atoms with E-state index in [4.69, 9.17) is 0 Å². The number of nitrogens with one attached hydrogen (secondary N) is 1. The maximum absolute atomic E-state index is 12.5. The molecule has 1 nitrogen and oxygen atoms in total. The molecule has 4 heteroatoms. The number of halogens is 3. The van der Waals surface area contributed by atoms with Crippen LogP contribution < -0.4 is 5.32 Å². The zero-order valence-corrected chi connectivity index (χ0v) is 11.3. The standard InChI is InChI=1S/C15H20F3N/c1-10-4-3-5-13(10)14(19-2)11-6-8-12(9-7-11)15(16,17)18/h6-10,13-14,19H,3-5H2,1-2H3. The molecule has 0 radical (unpaired) electrons. The maximum atomic E-state index is 12.5. The summed E-state index contributed by atoms with van der Waals surface area (Å²) in [6.45, 7) is 2.23. The molecule has 1 fully saturated rings. The van der Waals surface area contributed by atoms with Crippen LogP contribution in [0.5, 0.6) is 0 Å². The Labute approximate surface area is 112 Å². The lowest BCUT2D eigenvalue weighted by Gasteiger charge is -2.27. The molecule has 1 aromatic carbocycles. The maximum Gasteiger partial charge on any atom is 0.416 e. The molecular weight excluding hydrogens is 251 g/mol. The lowest BCUT2D eigenvalue weighted by atomic mass is 9.86. The molecule has 0 heterocycles. The summed E-state index contributed by atoms with van der Waals surface area (Å²) in [6.07, 6.45) is -0.684. The number of hydrogen-bond donors (Lipinski definition) is 1. The van der Waals surface area contributed by atoms with Crippen LogP contribution in [-0.4, -0.2) is 7.05 Å². The normalized spacial score (nSPS) is 25.5. The van der Waals surface area contributed by atoms with E-state index in [0.717, 1.165) is 12.0 Å². The van der Waals surface area contributed by atoms with Gasteiger partial charge in [0, 0.05) is 6.04 Å². The van der Waals surface area contributed by atoms with Crippen molar-refractivity contribution >= 4 is 0 Å². The van der Waals surface area contributed by atoms with Gasteiger partial charge in [0.1, 0.15) is 0 Å². The summed E-state index contributed by atoms with van der Waals surface area (Å²) in [5, 5.41) is 3.27. The zero-order chi connectivity index (χ0) is 14.0. The number of alkyl halides is 3. The second-order valence-corrected chi connectivity index (χ2v) is 5.46. The second kappa shape index (κ2) is 5.53. The fraction of sp³-hybridized carbons (Fsp3) is 0.600. The Morgan fingerprint density at radius 1 is 1.16 bits per heavy atom. The van der Waals surface area contributed by atoms with Gasteiger partial charge in [0.05, 0.1) is 5.56 Å². The van der Waals surface area contributed by atoms with Crippen LogP contribution in [0.3, 0.4) is 0 Å². The van der Waals surface area contributed by atoms with Crippen LogP contribution in [0.2, 0.25) is 0 Å². The van der Waals surface area contributed by atoms with Gasteiger partial charge in [0.25, 0.3) is 0 Å². The minimum absolute atomic E-state index is 0.153. The van der Waals surface area contributed by atoms with Gasteiger partial charge in [-0.2, -0.15) is 13.2 Å². The SMILES string of the molecule is CNC(c1ccc(C(F)(F)F)cc1)C1CCCC1C. The number of benzene rings is 1. The molecule has 1 N–H and O–H groups in total. The minimum Gasteiger partial charge on any atom is -0.313 e. The molecule has 19 heavy (non-hydrogen) atoms. The third-order valence-electron chi connectivity index (χ3n) is 4.26. The van der Waals surface area contributed by atoms with Gasteiger partial charge in [-0.05, 0) is 43.0 Å². The van der Waals surface area contributed by atoms with Gasteiger partial charge in [-0.1, -0.05) is 31.9 Å². The first-order valence-corrected chi connectivity index (χ1v) is 6.78. The summed E-state index contributed by atoms with van der Waals surface area (Å²) in [7, 11) is 1.88. The van der Waals surface area contributed by atoms with Crippen molar-refractivity contribution in [3.05, 3.63) is 35.4 Å². The summed E-state index contributed by atoms with van der Waals surface area (Å²) in [5.74, 6) is 1.14. The van der Waals surface area contributed by atoms with E-state index in [1.54, 1.807) is 12.1 Å². The molecule has 2 rings (SSSR count). The third kappa shape index (κ3) is 3.11. The molecule has 1 aliphatic rings. The molecule has 1 saturated carbocycles. The van der Waals surface area contributed by atoms with E-state index in [1.807, 2.05) is 7.05 Å². The van der Waals surface area contributed by atoms with Crippen molar-refractivity contribution in [3.8, 4) is 0 Å². The Morgan fingerprint density at radius 3 is 2.21 bits per heavy atom. The van der Waals surface area contributed by atoms with Crippen LogP contribution in [0.4, 0.5) is 13.2 Å². The van der Waals surface area contributed by atoms with Crippen LogP contribution in [0.25, 0.3) is 0 Å². The van der Waals surface area contributed by atoms with Gasteiger partial charge in [0.2, 0.25) is 0 Å². The van der Waals surface area contributed by atoms with E-state index in [0.29, 0.717) is 11.8 Å². The highest BCUT2D eigenvalue weighted by Gasteiger charge is 2.33. The molecule has 1 aliphatic carbocycles. The smallest absolute Gasteiger partial charge is 0.313 e. The van der Waals surface area contributed by atoms with Crippen molar-refractivity contribution in [1.82, 2.24) is 5.32 Å². The van der Waals surface area contributed by atoms with Crippen LogP contribution in [-0.2, 0) is 6.18 Å². The fourth-order valence-electron chi connectivity index (χ4n) is 3.18. The number of rotatable bonds is 3. The van der Waals surface area contributed by atoms with Gasteiger partial charge >= 0.3 is 6.18 Å². The molecular formula is C15H20F3N. The lowest BCUT2D eigenvalue weighted by molar-refractivity contribution is -0.137. The first kappa shape index (κ1) is 14.4. The zero-order valence-electron chi connectivity index (χ0n) is 11.3. The molecule has 3 unspecified atom stereocenters. The Bertz CT molecular complexity index is 410. The monoisotopic (exact) mass is 271 g/mol. The van der Waals surface area contributed by atoms with Crippen molar-refractivity contribution in [2.24, 2.45) is 11.8 Å². The highest BCUT2D eigenvalue weighted by atomic mass is 19.4. The topological polar surface area (TPSA) is 12.0 Å². The third-order valence-corrected chi connectivity index (χ3v) is 4.26. The molecule has 0 aliphatic heterocycles. The van der Waals surface area contributed by atoms with Crippen LogP contribution >= 0.6 is 0 Å². The highest BCUT2D eigenvalue weighted by molar-refractivity contribution is 5.27. The molecule has 0 saturated heterocycles. The minimum atomic E-state index is -4.26. The van der Waals surface area contributed by atoms with Crippen LogP contribution in [0.1, 0.15) is 43.4 Å². The molecule has 1 aromatic rings. The van der Waals surface area contributed by atoms with E-state index in [2.05, 4.69) is 12.2 Å². The van der Waals surface area contributed by atoms with Gasteiger partial charge in [0.15, 0.2) is 0 Å². The summed E-state index contributed by atoms with van der Waals surface area (Å²) in [4.78, 5) is 0. The Balaban J connectivity index is 2.19. The Kier molecular flexibility index (Phi) is 4.19. The van der Waals surface area contributed by atoms with Crippen LogP contribution in [0, 0.1) is 11.8 Å². The quantitative estimate of drug-likeness (QED) is 0.859. The van der Waals surface area contributed by atoms with Crippen molar-refractivity contribution in [2.75, 3.05) is 7.05 Å². The predicted molar refractivity (Wildman–Crippen MR) is 69.7 cm³/mol. The summed E-state index contributed by atoms with van der Waals surface area (Å²) >= 11 is 0. The molecule has 0 spiro atoms. The van der Waals surface area contributed by atoms with Gasteiger partial charge in [-0.15, -0.1) is 0 Å². The van der Waals surface area contributed by atoms with Crippen molar-refractivity contribution in [1.29, 1.82) is 0 Å². The van der Waals surface area contributed by atoms with Crippen molar-refractivity contribution in [3.63, 3.8) is 0 Å². The first-order chi connectivity index (χ1) is 8.93. The van der Waals surface area contributed by atoms with Gasteiger partial charge in [-0.3, -0.25) is 0 Å². The van der Waals surface area contributed by atoms with E-state index >= 15 is 0 Å². The van der Waals surface area contributed by atoms with Gasteiger partial charge in [-0.25, -0.2) is 0 Å². The summed E-state index contributed by atoms with van der Waals surface area (Å²) < 4.78 is 37.6. The van der Waals surface area contributed by atoms with Crippen molar-refractivity contribution < 1.29 is 13.2 Å². The van der Waals surface area contributed by atoms with E-state index in [-0.39, 0.29) is 6.04 Å². The highest BCUT2D eigenvalue weighted by Crippen LogP contribution is 2.40. The van der Waals surface area contributed by atoms with Crippen molar-refractivity contribution in [2.45, 2.75) is 38.4 Å². The predicted octanol–water partition coefficient (Wildman–Crippen LogP) is 4.40. The van der Waals surface area contributed by atoms with E-state index in [9.17, 15) is 13.2 Å². The molecule has 3 atom stereocenters. The number of hydrogen-bond acceptors (Lipinski definition) is 1. The first-order valence-electron chi connectivity index (χ1n) is 6.78. The molecule has 0 aromatic heterocycles. The van der Waals surface area contributed by atoms with E-state index in [1.165, 1.54) is 25.0 Å². The summed E-state index contributed by atoms with van der Waals surface area (Å²) in [6, 6.07) is 5.72. The molecule has 0 bridgehead atoms.